The Balaban J connectivity index is 1.47. The van der Waals surface area contributed by atoms with E-state index in [9.17, 15) is 4.79 Å². The monoisotopic (exact) mass is 362 g/mol. The van der Waals surface area contributed by atoms with Crippen molar-refractivity contribution in [3.8, 4) is 0 Å². The molecule has 1 aromatic rings. The predicted octanol–water partition coefficient (Wildman–Crippen LogP) is 4.45. The number of anilines is 1. The fourth-order valence-electron chi connectivity index (χ4n) is 5.67. The third-order valence-corrected chi connectivity index (χ3v) is 6.76. The lowest BCUT2D eigenvalue weighted by Crippen LogP contribution is -2.53. The van der Waals surface area contributed by atoms with E-state index in [1.54, 1.807) is 6.20 Å². The van der Waals surface area contributed by atoms with Crippen LogP contribution in [0.3, 0.4) is 0 Å². The van der Waals surface area contributed by atoms with E-state index in [4.69, 9.17) is 0 Å². The van der Waals surface area contributed by atoms with Gasteiger partial charge >= 0.3 is 0 Å². The van der Waals surface area contributed by atoms with E-state index < -0.39 is 0 Å². The molecule has 1 amide bonds. The molecule has 1 heterocycles. The van der Waals surface area contributed by atoms with Crippen LogP contribution in [-0.4, -0.2) is 15.2 Å². The minimum atomic E-state index is 0.135. The van der Waals surface area contributed by atoms with Crippen molar-refractivity contribution in [2.24, 2.45) is 17.3 Å². The molecule has 3 nitrogen and oxygen atoms in total. The highest BCUT2D eigenvalue weighted by atomic mass is 79.9. The average molecular weight is 363 g/mol. The third-order valence-electron chi connectivity index (χ3n) is 5.83. The predicted molar refractivity (Wildman–Crippen MR) is 91.0 cm³/mol. The summed E-state index contributed by atoms with van der Waals surface area (Å²) < 4.78 is 0.318. The second-order valence-electron chi connectivity index (χ2n) is 8.06. The Labute approximate surface area is 140 Å². The average Bonchev–Trinajstić information content (AvgIpc) is 2.34. The second-order valence-corrected chi connectivity index (χ2v) is 9.74. The van der Waals surface area contributed by atoms with Gasteiger partial charge < -0.3 is 5.32 Å². The second kappa shape index (κ2) is 5.05. The molecule has 118 valence electrons. The molecule has 1 aromatic heterocycles. The van der Waals surface area contributed by atoms with Gasteiger partial charge in [-0.3, -0.25) is 4.79 Å². The maximum Gasteiger partial charge on any atom is 0.226 e. The fourth-order valence-corrected chi connectivity index (χ4v) is 7.19. The molecular weight excluding hydrogens is 340 g/mol. The smallest absolute Gasteiger partial charge is 0.226 e. The van der Waals surface area contributed by atoms with Gasteiger partial charge in [-0.2, -0.15) is 0 Å². The molecule has 4 bridgehead atoms. The summed E-state index contributed by atoms with van der Waals surface area (Å²) in [5.74, 6) is 2.47. The van der Waals surface area contributed by atoms with Crippen LogP contribution in [0.5, 0.6) is 0 Å². The van der Waals surface area contributed by atoms with Gasteiger partial charge in [0.1, 0.15) is 5.82 Å². The minimum absolute atomic E-state index is 0.135. The van der Waals surface area contributed by atoms with E-state index >= 15 is 0 Å². The van der Waals surface area contributed by atoms with E-state index in [2.05, 4.69) is 26.2 Å². The Hall–Kier alpha value is -0.900. The molecule has 2 atom stereocenters. The van der Waals surface area contributed by atoms with Gasteiger partial charge in [-0.1, -0.05) is 15.9 Å². The quantitative estimate of drug-likeness (QED) is 0.806. The number of nitrogens with zero attached hydrogens (tertiary/aromatic N) is 1. The first-order valence-corrected chi connectivity index (χ1v) is 9.15. The highest BCUT2D eigenvalue weighted by molar-refractivity contribution is 9.10. The number of aryl methyl sites for hydroxylation is 1. The molecule has 5 rings (SSSR count). The van der Waals surface area contributed by atoms with Crippen molar-refractivity contribution < 1.29 is 4.79 Å². The number of rotatable bonds is 3. The van der Waals surface area contributed by atoms with Crippen molar-refractivity contribution >= 4 is 27.7 Å². The van der Waals surface area contributed by atoms with E-state index in [1.165, 1.54) is 38.5 Å². The highest BCUT2D eigenvalue weighted by Gasteiger charge is 2.57. The molecule has 0 spiro atoms. The number of pyridine rings is 1. The van der Waals surface area contributed by atoms with Gasteiger partial charge in [-0.15, -0.1) is 0 Å². The van der Waals surface area contributed by atoms with Crippen LogP contribution in [0.25, 0.3) is 0 Å². The van der Waals surface area contributed by atoms with E-state index in [0.29, 0.717) is 16.6 Å². The van der Waals surface area contributed by atoms with Gasteiger partial charge in [-0.25, -0.2) is 4.98 Å². The van der Waals surface area contributed by atoms with Gasteiger partial charge in [-0.05, 0) is 80.4 Å². The number of hydrogen-bond donors (Lipinski definition) is 1. The lowest BCUT2D eigenvalue weighted by atomic mass is 9.48. The Bertz CT molecular complexity index is 601. The van der Waals surface area contributed by atoms with Gasteiger partial charge in [0.05, 0.1) is 0 Å². The molecule has 1 N–H and O–H groups in total. The zero-order chi connectivity index (χ0) is 15.4. The van der Waals surface area contributed by atoms with E-state index in [0.717, 1.165) is 17.4 Å². The van der Waals surface area contributed by atoms with Gasteiger partial charge in [0.2, 0.25) is 5.91 Å². The van der Waals surface area contributed by atoms with Gasteiger partial charge in [0.15, 0.2) is 0 Å². The summed E-state index contributed by atoms with van der Waals surface area (Å²) in [7, 11) is 0. The Morgan fingerprint density at radius 2 is 2.09 bits per heavy atom. The summed E-state index contributed by atoms with van der Waals surface area (Å²) in [4.78, 5) is 16.8. The molecule has 0 aromatic carbocycles. The van der Waals surface area contributed by atoms with Crippen LogP contribution < -0.4 is 5.32 Å². The number of carbonyl (C=O) groups excluding carboxylic acids is 1. The largest absolute Gasteiger partial charge is 0.311 e. The van der Waals surface area contributed by atoms with Crippen molar-refractivity contribution in [1.29, 1.82) is 0 Å². The van der Waals surface area contributed by atoms with Gasteiger partial charge in [0.25, 0.3) is 0 Å². The topological polar surface area (TPSA) is 42.0 Å². The maximum absolute atomic E-state index is 12.5. The molecule has 4 aliphatic carbocycles. The number of carbonyl (C=O) groups is 1. The molecule has 22 heavy (non-hydrogen) atoms. The number of alkyl halides is 1. The summed E-state index contributed by atoms with van der Waals surface area (Å²) in [6.45, 7) is 2.02. The van der Waals surface area contributed by atoms with Crippen LogP contribution in [0.1, 0.15) is 50.5 Å². The van der Waals surface area contributed by atoms with Crippen molar-refractivity contribution in [3.05, 3.63) is 23.9 Å². The molecule has 0 radical (unpaired) electrons. The first-order valence-electron chi connectivity index (χ1n) is 8.35. The number of aromatic nitrogens is 1. The minimum Gasteiger partial charge on any atom is -0.311 e. The highest BCUT2D eigenvalue weighted by Crippen LogP contribution is 2.65. The molecule has 2 unspecified atom stereocenters. The van der Waals surface area contributed by atoms with Gasteiger partial charge in [0, 0.05) is 16.9 Å². The number of amides is 1. The fraction of sp³-hybridized carbons (Fsp3) is 0.667. The lowest BCUT2D eigenvalue weighted by Gasteiger charge is -2.60. The summed E-state index contributed by atoms with van der Waals surface area (Å²) in [5.41, 5.74) is 1.35. The van der Waals surface area contributed by atoms with E-state index in [-0.39, 0.29) is 11.3 Å². The van der Waals surface area contributed by atoms with Crippen molar-refractivity contribution in [2.45, 2.75) is 56.2 Å². The first kappa shape index (κ1) is 14.7. The molecule has 0 aliphatic heterocycles. The first-order chi connectivity index (χ1) is 10.4. The molecule has 4 saturated carbocycles. The molecular formula is C18H23BrN2O. The van der Waals surface area contributed by atoms with Crippen LogP contribution in [0.15, 0.2) is 18.3 Å². The molecule has 4 aliphatic rings. The number of halogens is 1. The van der Waals surface area contributed by atoms with Crippen molar-refractivity contribution in [2.75, 3.05) is 5.32 Å². The number of hydrogen-bond acceptors (Lipinski definition) is 2. The zero-order valence-electron chi connectivity index (χ0n) is 13.1. The van der Waals surface area contributed by atoms with Crippen LogP contribution in [-0.2, 0) is 4.79 Å². The lowest BCUT2D eigenvalue weighted by molar-refractivity contribution is -0.123. The molecule has 4 heteroatoms. The summed E-state index contributed by atoms with van der Waals surface area (Å²) in [6, 6.07) is 3.88. The number of nitrogens with one attached hydrogen (secondary N) is 1. The standard InChI is InChI=1S/C18H23BrN2O/c1-12-2-3-20-15(4-12)21-16(22)10-17-6-13-5-14(7-17)9-18(19,8-13)11-17/h2-4,13-14H,5-11H2,1H3,(H,20,21,22). The maximum atomic E-state index is 12.5. The molecule has 4 fully saturated rings. The van der Waals surface area contributed by atoms with Crippen molar-refractivity contribution in [1.82, 2.24) is 4.98 Å². The summed E-state index contributed by atoms with van der Waals surface area (Å²) in [6.07, 6.45) is 10.1. The van der Waals surface area contributed by atoms with E-state index in [1.807, 2.05) is 19.1 Å². The van der Waals surface area contributed by atoms with Crippen LogP contribution in [0.2, 0.25) is 0 Å². The third kappa shape index (κ3) is 2.70. The van der Waals surface area contributed by atoms with Crippen molar-refractivity contribution in [3.63, 3.8) is 0 Å². The van der Waals surface area contributed by atoms with Crippen LogP contribution in [0.4, 0.5) is 5.82 Å². The summed E-state index contributed by atoms with van der Waals surface area (Å²) >= 11 is 4.01. The Kier molecular flexibility index (Phi) is 3.37. The van der Waals surface area contributed by atoms with Crippen LogP contribution >= 0.6 is 15.9 Å². The van der Waals surface area contributed by atoms with Crippen LogP contribution in [0, 0.1) is 24.2 Å². The molecule has 0 saturated heterocycles. The Morgan fingerprint density at radius 3 is 2.73 bits per heavy atom. The summed E-state index contributed by atoms with van der Waals surface area (Å²) in [5, 5.41) is 3.00. The zero-order valence-corrected chi connectivity index (χ0v) is 14.7. The SMILES string of the molecule is Cc1ccnc(NC(=O)CC23CC4CC(CC(Br)(C4)C2)C3)c1. The normalized spacial score (nSPS) is 39.0. The Morgan fingerprint density at radius 1 is 1.36 bits per heavy atom.